The van der Waals surface area contributed by atoms with E-state index in [1.54, 1.807) is 6.07 Å². The fourth-order valence-electron chi connectivity index (χ4n) is 2.10. The van der Waals surface area contributed by atoms with Crippen LogP contribution in [0.3, 0.4) is 0 Å². The third-order valence-corrected chi connectivity index (χ3v) is 4.48. The van der Waals surface area contributed by atoms with Gasteiger partial charge in [-0.15, -0.1) is 0 Å². The van der Waals surface area contributed by atoms with Crippen LogP contribution in [0.1, 0.15) is 12.5 Å². The van der Waals surface area contributed by atoms with E-state index in [0.717, 1.165) is 5.56 Å². The smallest absolute Gasteiger partial charge is 0.241 e. The van der Waals surface area contributed by atoms with E-state index in [2.05, 4.69) is 4.72 Å². The summed E-state index contributed by atoms with van der Waals surface area (Å²) in [4.78, 5) is 23.7. The summed E-state index contributed by atoms with van der Waals surface area (Å²) in [6.45, 7) is 1.51. The van der Waals surface area contributed by atoms with Gasteiger partial charge in [0.15, 0.2) is 0 Å². The topological polar surface area (TPSA) is 110 Å². The van der Waals surface area contributed by atoms with Crippen LogP contribution < -0.4 is 15.4 Å². The molecule has 1 aromatic carbocycles. The Bertz CT molecular complexity index is 669. The van der Waals surface area contributed by atoms with Crippen molar-refractivity contribution in [2.24, 2.45) is 5.73 Å². The largest absolute Gasteiger partial charge is 0.369 e. The van der Waals surface area contributed by atoms with E-state index in [0.29, 0.717) is 18.7 Å². The monoisotopic (exact) mass is 297 g/mol. The number of primary amides is 1. The zero-order chi connectivity index (χ0) is 14.9. The van der Waals surface area contributed by atoms with Crippen LogP contribution in [-0.2, 0) is 26.0 Å². The Morgan fingerprint density at radius 1 is 1.40 bits per heavy atom. The molecule has 0 spiro atoms. The molecule has 8 heteroatoms. The van der Waals surface area contributed by atoms with Crippen LogP contribution in [0, 0.1) is 0 Å². The van der Waals surface area contributed by atoms with Gasteiger partial charge in [-0.3, -0.25) is 9.59 Å². The maximum absolute atomic E-state index is 12.0. The lowest BCUT2D eigenvalue weighted by Crippen LogP contribution is -2.33. The minimum atomic E-state index is -3.81. The third kappa shape index (κ3) is 2.81. The van der Waals surface area contributed by atoms with Gasteiger partial charge in [0.25, 0.3) is 0 Å². The average molecular weight is 297 g/mol. The second-order valence-corrected chi connectivity index (χ2v) is 6.27. The summed E-state index contributed by atoms with van der Waals surface area (Å²) in [6.07, 6.45) is 0.698. The number of hydrogen-bond acceptors (Lipinski definition) is 4. The summed E-state index contributed by atoms with van der Waals surface area (Å²) >= 11 is 0. The molecular weight excluding hydrogens is 282 g/mol. The molecule has 0 saturated heterocycles. The molecule has 1 heterocycles. The second kappa shape index (κ2) is 5.22. The number of nitrogens with zero attached hydrogens (tertiary/aromatic N) is 1. The molecule has 0 atom stereocenters. The lowest BCUT2D eigenvalue weighted by Gasteiger charge is -2.15. The Kier molecular flexibility index (Phi) is 3.78. The molecule has 0 unspecified atom stereocenters. The van der Waals surface area contributed by atoms with Crippen molar-refractivity contribution in [2.45, 2.75) is 18.2 Å². The first-order valence-corrected chi connectivity index (χ1v) is 7.48. The van der Waals surface area contributed by atoms with Crippen LogP contribution in [0.15, 0.2) is 23.1 Å². The normalized spacial score (nSPS) is 14.2. The summed E-state index contributed by atoms with van der Waals surface area (Å²) in [6, 6.07) is 4.57. The Labute approximate surface area is 116 Å². The van der Waals surface area contributed by atoms with Gasteiger partial charge in [-0.25, -0.2) is 13.1 Å². The number of fused-ring (bicyclic) bond motifs is 1. The Morgan fingerprint density at radius 3 is 2.70 bits per heavy atom. The van der Waals surface area contributed by atoms with Crippen LogP contribution in [0.25, 0.3) is 0 Å². The first-order chi connectivity index (χ1) is 9.31. The molecule has 0 aliphatic carbocycles. The first kappa shape index (κ1) is 14.5. The number of carbonyl (C=O) groups excluding carboxylic acids is 2. The maximum Gasteiger partial charge on any atom is 0.241 e. The Hall–Kier alpha value is -1.93. The zero-order valence-electron chi connectivity index (χ0n) is 10.9. The van der Waals surface area contributed by atoms with Gasteiger partial charge in [0.05, 0.1) is 11.4 Å². The summed E-state index contributed by atoms with van der Waals surface area (Å²) in [5.41, 5.74) is 6.43. The molecule has 1 aliphatic rings. The summed E-state index contributed by atoms with van der Waals surface area (Å²) in [5.74, 6) is -0.900. The molecule has 1 aliphatic heterocycles. The molecule has 3 N–H and O–H groups in total. The Morgan fingerprint density at radius 2 is 2.10 bits per heavy atom. The molecule has 2 amide bonds. The van der Waals surface area contributed by atoms with E-state index in [4.69, 9.17) is 5.73 Å². The van der Waals surface area contributed by atoms with Crippen LogP contribution in [0.2, 0.25) is 0 Å². The molecule has 108 valence electrons. The molecule has 20 heavy (non-hydrogen) atoms. The highest BCUT2D eigenvalue weighted by Crippen LogP contribution is 2.30. The fraction of sp³-hybridized carbons (Fsp3) is 0.333. The van der Waals surface area contributed by atoms with Crippen LogP contribution >= 0.6 is 0 Å². The molecule has 7 nitrogen and oxygen atoms in total. The number of amides is 2. The SMILES string of the molecule is CC(=O)N1CCc2ccc(S(=O)(=O)NCC(N)=O)cc21. The van der Waals surface area contributed by atoms with E-state index in [-0.39, 0.29) is 10.8 Å². The highest BCUT2D eigenvalue weighted by atomic mass is 32.2. The average Bonchev–Trinajstić information content (AvgIpc) is 2.79. The molecular formula is C12H15N3O4S. The van der Waals surface area contributed by atoms with E-state index in [1.165, 1.54) is 24.0 Å². The van der Waals surface area contributed by atoms with Crippen LogP contribution in [0.5, 0.6) is 0 Å². The maximum atomic E-state index is 12.0. The first-order valence-electron chi connectivity index (χ1n) is 6.00. The molecule has 0 aromatic heterocycles. The van der Waals surface area contributed by atoms with Gasteiger partial charge >= 0.3 is 0 Å². The van der Waals surface area contributed by atoms with Gasteiger partial charge in [0.1, 0.15) is 0 Å². The molecule has 0 saturated carbocycles. The predicted molar refractivity (Wildman–Crippen MR) is 72.6 cm³/mol. The highest BCUT2D eigenvalue weighted by molar-refractivity contribution is 7.89. The lowest BCUT2D eigenvalue weighted by molar-refractivity contribution is -0.117. The van der Waals surface area contributed by atoms with Gasteiger partial charge in [-0.1, -0.05) is 6.07 Å². The van der Waals surface area contributed by atoms with Gasteiger partial charge in [-0.2, -0.15) is 0 Å². The van der Waals surface area contributed by atoms with Gasteiger partial charge in [0.2, 0.25) is 21.8 Å². The van der Waals surface area contributed by atoms with E-state index < -0.39 is 22.5 Å². The number of benzene rings is 1. The molecule has 2 rings (SSSR count). The lowest BCUT2D eigenvalue weighted by atomic mass is 10.2. The van der Waals surface area contributed by atoms with Crippen molar-refractivity contribution >= 4 is 27.5 Å². The number of carbonyl (C=O) groups is 2. The number of nitrogens with two attached hydrogens (primary N) is 1. The number of anilines is 1. The van der Waals surface area contributed by atoms with Crippen LogP contribution in [0.4, 0.5) is 5.69 Å². The van der Waals surface area contributed by atoms with Crippen molar-refractivity contribution in [3.63, 3.8) is 0 Å². The van der Waals surface area contributed by atoms with Crippen molar-refractivity contribution in [1.82, 2.24) is 4.72 Å². The predicted octanol–water partition coefficient (Wildman–Crippen LogP) is -0.641. The minimum absolute atomic E-state index is 0.00523. The number of nitrogens with one attached hydrogen (secondary N) is 1. The summed E-state index contributed by atoms with van der Waals surface area (Å²) < 4.78 is 26.1. The number of sulfonamides is 1. The van der Waals surface area contributed by atoms with Crippen molar-refractivity contribution in [3.8, 4) is 0 Å². The van der Waals surface area contributed by atoms with Gasteiger partial charge in [-0.05, 0) is 24.1 Å². The van der Waals surface area contributed by atoms with Gasteiger partial charge < -0.3 is 10.6 Å². The minimum Gasteiger partial charge on any atom is -0.369 e. The summed E-state index contributed by atoms with van der Waals surface area (Å²) in [5, 5.41) is 0. The van der Waals surface area contributed by atoms with Gasteiger partial charge in [0, 0.05) is 19.2 Å². The standard InChI is InChI=1S/C12H15N3O4S/c1-8(16)15-5-4-9-2-3-10(6-11(9)15)20(18,19)14-7-12(13)17/h2-3,6,14H,4-5,7H2,1H3,(H2,13,17). The molecule has 0 fully saturated rings. The van der Waals surface area contributed by atoms with E-state index in [1.807, 2.05) is 0 Å². The quantitative estimate of drug-likeness (QED) is 0.770. The zero-order valence-corrected chi connectivity index (χ0v) is 11.7. The molecule has 1 aromatic rings. The van der Waals surface area contributed by atoms with Crippen molar-refractivity contribution in [1.29, 1.82) is 0 Å². The van der Waals surface area contributed by atoms with Crippen LogP contribution in [-0.4, -0.2) is 33.3 Å². The Balaban J connectivity index is 2.34. The highest BCUT2D eigenvalue weighted by Gasteiger charge is 2.25. The third-order valence-electron chi connectivity index (χ3n) is 3.08. The fourth-order valence-corrected chi connectivity index (χ4v) is 3.12. The van der Waals surface area contributed by atoms with E-state index >= 15 is 0 Å². The van der Waals surface area contributed by atoms with Crippen molar-refractivity contribution in [2.75, 3.05) is 18.0 Å². The molecule has 0 radical (unpaired) electrons. The van der Waals surface area contributed by atoms with E-state index in [9.17, 15) is 18.0 Å². The van der Waals surface area contributed by atoms with Crippen molar-refractivity contribution in [3.05, 3.63) is 23.8 Å². The number of hydrogen-bond donors (Lipinski definition) is 2. The van der Waals surface area contributed by atoms with Crippen molar-refractivity contribution < 1.29 is 18.0 Å². The molecule has 0 bridgehead atoms. The number of rotatable bonds is 4. The summed E-state index contributed by atoms with van der Waals surface area (Å²) in [7, 11) is -3.81. The second-order valence-electron chi connectivity index (χ2n) is 4.50.